The van der Waals surface area contributed by atoms with E-state index in [9.17, 15) is 62.9 Å². The maximum Gasteiger partial charge on any atom is 0.379 e. The highest BCUT2D eigenvalue weighted by Gasteiger charge is 3.27. The van der Waals surface area contributed by atoms with E-state index in [-0.39, 0.29) is 0 Å². The first-order valence-electron chi connectivity index (χ1n) is 17.7. The van der Waals surface area contributed by atoms with Crippen LogP contribution in [0, 0.1) is 10.8 Å². The van der Waals surface area contributed by atoms with Gasteiger partial charge in [0.2, 0.25) is 0 Å². The molecule has 0 saturated heterocycles. The minimum Gasteiger partial charge on any atom is -0.388 e. The lowest BCUT2D eigenvalue weighted by Crippen LogP contribution is -3.09. The average molecular weight is 1120 g/mol. The lowest BCUT2D eigenvalue weighted by atomic mass is 9.36. The summed E-state index contributed by atoms with van der Waals surface area (Å²) in [6.07, 6.45) is -22.3. The van der Waals surface area contributed by atoms with Crippen LogP contribution in [0.2, 0.25) is 0 Å². The van der Waals surface area contributed by atoms with Gasteiger partial charge in [0.1, 0.15) is 12.2 Å². The van der Waals surface area contributed by atoms with E-state index in [0.717, 1.165) is 0 Å². The van der Waals surface area contributed by atoms with Gasteiger partial charge in [-0.2, -0.15) is 70.2 Å². The number of hydrogen-bond acceptors (Lipinski definition) is 6. The Labute approximate surface area is 359 Å². The summed E-state index contributed by atoms with van der Waals surface area (Å²) < 4.78 is 523. The molecule has 0 radical (unpaired) electrons. The van der Waals surface area contributed by atoms with E-state index in [2.05, 4.69) is 18.9 Å². The molecule has 2 N–H and O–H groups in total. The van der Waals surface area contributed by atoms with Crippen LogP contribution in [-0.4, -0.2) is 179 Å². The van der Waals surface area contributed by atoms with Crippen LogP contribution >= 0.6 is 0 Å². The molecular formula is C30H16F34O6. The molecule has 2 atom stereocenters. The van der Waals surface area contributed by atoms with Crippen molar-refractivity contribution in [3.8, 4) is 0 Å². The first kappa shape index (κ1) is 56.7. The predicted octanol–water partition coefficient (Wildman–Crippen LogP) is 8.89. The van der Waals surface area contributed by atoms with E-state index >= 15 is 96.6 Å². The standard InChI is InChI=1S/C30H16F34O6/c31-11-17(37,38)9(18(39,40)12(32,23(11,49)50)25(53,54)13(33,19(9,41)42)24(11,51)52)29(61,62)69-5-7(65)3-67-1-2-68-4-8(66)6-70-30(63,64)10-20(43,44)14(34)26(55,56)15(35,21(10,45)46)28(59,60)16(36,22(10,47)48)27(14,57)58/h7-8,65-66H,1-6H2. The molecule has 8 fully saturated rings. The fraction of sp³-hybridized carbons (Fsp3) is 1.00. The lowest BCUT2D eigenvalue weighted by Gasteiger charge is -2.75. The van der Waals surface area contributed by atoms with Gasteiger partial charge in [-0.1, -0.05) is 0 Å². The summed E-state index contributed by atoms with van der Waals surface area (Å²) in [6, 6.07) is 0. The van der Waals surface area contributed by atoms with Crippen LogP contribution in [-0.2, 0) is 18.9 Å². The van der Waals surface area contributed by atoms with Gasteiger partial charge in [-0.05, 0) is 0 Å². The van der Waals surface area contributed by atoms with Crippen LogP contribution in [0.4, 0.5) is 149 Å². The van der Waals surface area contributed by atoms with Gasteiger partial charge in [0, 0.05) is 0 Å². The van der Waals surface area contributed by atoms with E-state index in [1.165, 1.54) is 0 Å². The van der Waals surface area contributed by atoms with Crippen molar-refractivity contribution in [2.45, 2.75) is 130 Å². The van der Waals surface area contributed by atoms with E-state index in [4.69, 9.17) is 0 Å². The molecule has 0 spiro atoms. The average Bonchev–Trinajstić information content (AvgIpc) is 3.17. The van der Waals surface area contributed by atoms with Crippen molar-refractivity contribution >= 4 is 0 Å². The number of ether oxygens (including phenoxy) is 4. The second-order valence-corrected chi connectivity index (χ2v) is 16.5. The Kier molecular flexibility index (Phi) is 10.9. The summed E-state index contributed by atoms with van der Waals surface area (Å²) in [6.45, 7) is -12.5. The van der Waals surface area contributed by atoms with Crippen LogP contribution in [0.1, 0.15) is 0 Å². The molecule has 0 aliphatic heterocycles. The van der Waals surface area contributed by atoms with Crippen molar-refractivity contribution < 1.29 is 178 Å². The fourth-order valence-electron chi connectivity index (χ4n) is 10.1. The Morgan fingerprint density at radius 2 is 0.429 bits per heavy atom. The van der Waals surface area contributed by atoms with Gasteiger partial charge in [0.05, 0.1) is 39.6 Å². The zero-order valence-electron chi connectivity index (χ0n) is 31.8. The number of aliphatic hydroxyl groups is 2. The summed E-state index contributed by atoms with van der Waals surface area (Å²) in [5, 5.41) is 19.3. The molecule has 0 aromatic heterocycles. The van der Waals surface area contributed by atoms with Gasteiger partial charge in [-0.25, -0.2) is 79.0 Å². The van der Waals surface area contributed by atoms with Crippen molar-refractivity contribution in [2.24, 2.45) is 10.8 Å². The fourth-order valence-corrected chi connectivity index (χ4v) is 10.1. The number of alkyl halides is 34. The van der Waals surface area contributed by atoms with Gasteiger partial charge in [-0.15, -0.1) is 0 Å². The van der Waals surface area contributed by atoms with Gasteiger partial charge < -0.3 is 29.2 Å². The van der Waals surface area contributed by atoms with Crippen molar-refractivity contribution in [3.63, 3.8) is 0 Å². The van der Waals surface area contributed by atoms with E-state index in [1.54, 1.807) is 0 Å². The second kappa shape index (κ2) is 13.4. The van der Waals surface area contributed by atoms with Gasteiger partial charge in [0.25, 0.3) is 10.8 Å². The Hall–Kier alpha value is -2.62. The monoisotopic (exact) mass is 1120 g/mol. The maximum absolute atomic E-state index is 15.2. The quantitative estimate of drug-likeness (QED) is 0.126. The molecule has 410 valence electrons. The summed E-state index contributed by atoms with van der Waals surface area (Å²) in [4.78, 5) is 0. The first-order chi connectivity index (χ1) is 30.5. The molecule has 0 aromatic rings. The predicted molar refractivity (Wildman–Crippen MR) is 143 cm³/mol. The van der Waals surface area contributed by atoms with Crippen molar-refractivity contribution in [1.82, 2.24) is 0 Å². The molecule has 2 unspecified atom stereocenters. The van der Waals surface area contributed by atoms with Crippen molar-refractivity contribution in [1.29, 1.82) is 0 Å². The van der Waals surface area contributed by atoms with Crippen LogP contribution in [0.25, 0.3) is 0 Å². The van der Waals surface area contributed by atoms with E-state index in [1.807, 2.05) is 0 Å². The molecule has 40 heteroatoms. The lowest BCUT2D eigenvalue weighted by molar-refractivity contribution is -0.641. The zero-order valence-corrected chi connectivity index (χ0v) is 31.8. The van der Waals surface area contributed by atoms with Crippen molar-refractivity contribution in [2.75, 3.05) is 39.6 Å². The third-order valence-electron chi connectivity index (χ3n) is 13.4. The highest BCUT2D eigenvalue weighted by atomic mass is 19.4. The third kappa shape index (κ3) is 4.25. The van der Waals surface area contributed by atoms with Crippen molar-refractivity contribution in [3.05, 3.63) is 0 Å². The Morgan fingerprint density at radius 3 is 0.586 bits per heavy atom. The minimum absolute atomic E-state index is 1.42. The summed E-state index contributed by atoms with van der Waals surface area (Å²) in [5.41, 5.74) is -67.8. The number of hydrogen-bond donors (Lipinski definition) is 2. The molecule has 0 amide bonds. The Balaban J connectivity index is 1.12. The minimum atomic E-state index is -8.66. The molecule has 0 heterocycles. The molecule has 8 bridgehead atoms. The summed E-state index contributed by atoms with van der Waals surface area (Å²) >= 11 is 0. The highest BCUT2D eigenvalue weighted by Crippen LogP contribution is 2.94. The molecule has 8 saturated carbocycles. The van der Waals surface area contributed by atoms with Gasteiger partial charge in [-0.3, -0.25) is 0 Å². The molecule has 8 aliphatic rings. The summed E-state index contributed by atoms with van der Waals surface area (Å²) in [5.74, 6) is -103. The maximum atomic E-state index is 15.2. The van der Waals surface area contributed by atoms with Gasteiger partial charge in [0.15, 0.2) is 0 Å². The smallest absolute Gasteiger partial charge is 0.379 e. The number of aliphatic hydroxyl groups excluding tert-OH is 2. The van der Waals surface area contributed by atoms with Crippen LogP contribution in [0.5, 0.6) is 0 Å². The third-order valence-corrected chi connectivity index (χ3v) is 13.4. The first-order valence-corrected chi connectivity index (χ1v) is 17.7. The number of halogens is 34. The van der Waals surface area contributed by atoms with E-state index in [0.29, 0.717) is 0 Å². The Morgan fingerprint density at radius 1 is 0.271 bits per heavy atom. The van der Waals surface area contributed by atoms with Crippen LogP contribution in [0.15, 0.2) is 0 Å². The summed E-state index contributed by atoms with van der Waals surface area (Å²) in [7, 11) is 0. The molecule has 8 aliphatic carbocycles. The molecule has 8 rings (SSSR count). The highest BCUT2D eigenvalue weighted by molar-refractivity contribution is 5.55. The molecule has 70 heavy (non-hydrogen) atoms. The molecular weight excluding hydrogens is 1100 g/mol. The SMILES string of the molecule is OC(COCCOCC(O)COC(F)(F)C12C(F)(F)C3(F)C(F)(F)C(F)(C(F)(F)C(F)(C3(F)F)C1(F)F)C2(F)F)COC(F)(F)C12C(F)(F)C3(F)C(F)(F)C(F)(C(F)(F)C(F)(C3(F)F)C1(F)F)C2(F)F. The van der Waals surface area contributed by atoms with Crippen LogP contribution in [0.3, 0.4) is 0 Å². The Bertz CT molecular complexity index is 1790. The molecule has 6 nitrogen and oxygen atoms in total. The largest absolute Gasteiger partial charge is 0.388 e. The van der Waals surface area contributed by atoms with Gasteiger partial charge >= 0.3 is 117 Å². The topological polar surface area (TPSA) is 77.4 Å². The van der Waals surface area contributed by atoms with Crippen LogP contribution < -0.4 is 0 Å². The molecule has 0 aromatic carbocycles. The zero-order chi connectivity index (χ0) is 55.2. The second-order valence-electron chi connectivity index (χ2n) is 16.5. The normalized spacial score (nSPS) is 44.6. The van der Waals surface area contributed by atoms with E-state index < -0.39 is 180 Å². The number of rotatable bonds is 15.